The molecule has 0 saturated carbocycles. The van der Waals surface area contributed by atoms with Crippen LogP contribution in [0.5, 0.6) is 0 Å². The molecule has 2 N–H and O–H groups in total. The number of hydrogen-bond acceptors (Lipinski definition) is 6. The molecule has 0 spiro atoms. The molecule has 0 bridgehead atoms. The molecule has 0 fully saturated rings. The zero-order valence-corrected chi connectivity index (χ0v) is 18.8. The number of halogens is 3. The van der Waals surface area contributed by atoms with Crippen molar-refractivity contribution in [1.29, 1.82) is 0 Å². The zero-order chi connectivity index (χ0) is 24.3. The molecule has 34 heavy (non-hydrogen) atoms. The van der Waals surface area contributed by atoms with Gasteiger partial charge in [-0.05, 0) is 37.3 Å². The van der Waals surface area contributed by atoms with Crippen LogP contribution in [0.1, 0.15) is 28.9 Å². The average molecular weight is 487 g/mol. The third kappa shape index (κ3) is 4.97. The molecule has 0 aliphatic carbocycles. The van der Waals surface area contributed by atoms with Gasteiger partial charge in [-0.3, -0.25) is 9.48 Å². The van der Waals surface area contributed by atoms with E-state index in [1.165, 1.54) is 34.3 Å². The van der Waals surface area contributed by atoms with Crippen LogP contribution in [-0.2, 0) is 12.1 Å². The number of Topliss-reactive ketones (excluding diaryl/α,β-unsaturated/α-hetero) is 1. The summed E-state index contributed by atoms with van der Waals surface area (Å²) in [5, 5.41) is 23.4. The maximum absolute atomic E-state index is 14.7. The van der Waals surface area contributed by atoms with Gasteiger partial charge in [0.05, 0.1) is 31.0 Å². The average Bonchev–Trinajstić information content (AvgIpc) is 3.49. The van der Waals surface area contributed by atoms with Crippen LogP contribution in [-0.4, -0.2) is 42.0 Å². The fourth-order valence-electron chi connectivity index (χ4n) is 3.62. The predicted molar refractivity (Wildman–Crippen MR) is 121 cm³/mol. The first kappa shape index (κ1) is 23.5. The molecule has 176 valence electrons. The summed E-state index contributed by atoms with van der Waals surface area (Å²) >= 11 is 5.86. The maximum atomic E-state index is 14.7. The molecule has 2 aromatic carbocycles. The van der Waals surface area contributed by atoms with Gasteiger partial charge in [-0.15, -0.1) is 0 Å². The Morgan fingerprint density at radius 1 is 1.21 bits per heavy atom. The lowest BCUT2D eigenvalue weighted by molar-refractivity contribution is -0.0368. The van der Waals surface area contributed by atoms with Gasteiger partial charge in [0.15, 0.2) is 5.78 Å². The molecule has 0 amide bonds. The lowest BCUT2D eigenvalue weighted by Crippen LogP contribution is -2.40. The van der Waals surface area contributed by atoms with Crippen LogP contribution < -0.4 is 5.32 Å². The van der Waals surface area contributed by atoms with E-state index in [1.807, 2.05) is 0 Å². The molecule has 2 atom stereocenters. The molecule has 0 aliphatic rings. The van der Waals surface area contributed by atoms with Gasteiger partial charge in [0, 0.05) is 28.4 Å². The van der Waals surface area contributed by atoms with Gasteiger partial charge >= 0.3 is 0 Å². The van der Waals surface area contributed by atoms with Gasteiger partial charge in [0.1, 0.15) is 29.9 Å². The number of rotatable bonds is 9. The summed E-state index contributed by atoms with van der Waals surface area (Å²) in [5.41, 5.74) is -0.934. The molecule has 4 aromatic rings. The SMILES string of the molecule is C[C@@H](n1cc(NCC(=O)c2ccc(Cl)cc2)cn1)[C@](O)(Cn1cncn1)c1ccc(F)cc1F. The molecular weight excluding hydrogens is 466 g/mol. The summed E-state index contributed by atoms with van der Waals surface area (Å²) in [4.78, 5) is 16.3. The summed E-state index contributed by atoms with van der Waals surface area (Å²) in [6.07, 6.45) is 5.76. The minimum Gasteiger partial charge on any atom is -0.381 e. The second-order valence-electron chi connectivity index (χ2n) is 7.81. The van der Waals surface area contributed by atoms with Crippen molar-refractivity contribution < 1.29 is 18.7 Å². The number of nitrogens with zero attached hydrogens (tertiary/aromatic N) is 5. The Bertz CT molecular complexity index is 1280. The van der Waals surface area contributed by atoms with Gasteiger partial charge in [-0.25, -0.2) is 18.4 Å². The second kappa shape index (κ2) is 9.70. The molecule has 0 unspecified atom stereocenters. The molecule has 0 radical (unpaired) electrons. The molecule has 2 aromatic heterocycles. The van der Waals surface area contributed by atoms with E-state index in [0.717, 1.165) is 6.07 Å². The fourth-order valence-corrected chi connectivity index (χ4v) is 3.75. The Balaban J connectivity index is 1.55. The molecule has 11 heteroatoms. The van der Waals surface area contributed by atoms with Crippen molar-refractivity contribution in [2.75, 3.05) is 11.9 Å². The van der Waals surface area contributed by atoms with Gasteiger partial charge in [-0.2, -0.15) is 10.2 Å². The first-order chi connectivity index (χ1) is 16.3. The number of carbonyl (C=O) groups excluding carboxylic acids is 1. The van der Waals surface area contributed by atoms with Crippen molar-refractivity contribution in [3.63, 3.8) is 0 Å². The standard InChI is InChI=1S/C23H21ClF2N6O2/c1-15(23(34,12-31-14-27-13-30-31)20-7-6-18(25)8-21(20)26)32-11-19(9-29-32)28-10-22(33)16-2-4-17(24)5-3-16/h2-9,11,13-15,28,34H,10,12H2,1H3/t15-,23-/m1/s1. The van der Waals surface area contributed by atoms with Crippen molar-refractivity contribution in [3.05, 3.63) is 95.3 Å². The summed E-state index contributed by atoms with van der Waals surface area (Å²) in [5.74, 6) is -1.80. The highest BCUT2D eigenvalue weighted by atomic mass is 35.5. The van der Waals surface area contributed by atoms with Crippen LogP contribution in [0, 0.1) is 11.6 Å². The normalized spacial score (nSPS) is 13.9. The monoisotopic (exact) mass is 486 g/mol. The minimum absolute atomic E-state index is 0.0114. The van der Waals surface area contributed by atoms with Gasteiger partial charge in [0.25, 0.3) is 0 Å². The minimum atomic E-state index is -1.85. The van der Waals surface area contributed by atoms with E-state index in [2.05, 4.69) is 20.5 Å². The highest BCUT2D eigenvalue weighted by Gasteiger charge is 2.40. The molecule has 0 aliphatic heterocycles. The van der Waals surface area contributed by atoms with Crippen LogP contribution in [0.2, 0.25) is 5.02 Å². The number of aliphatic hydroxyl groups is 1. The Morgan fingerprint density at radius 3 is 2.65 bits per heavy atom. The summed E-state index contributed by atoms with van der Waals surface area (Å²) < 4.78 is 31.0. The van der Waals surface area contributed by atoms with Crippen LogP contribution >= 0.6 is 11.6 Å². The smallest absolute Gasteiger partial charge is 0.181 e. The highest BCUT2D eigenvalue weighted by molar-refractivity contribution is 6.30. The predicted octanol–water partition coefficient (Wildman–Crippen LogP) is 3.85. The second-order valence-corrected chi connectivity index (χ2v) is 8.25. The van der Waals surface area contributed by atoms with Crippen molar-refractivity contribution >= 4 is 23.1 Å². The number of anilines is 1. The van der Waals surface area contributed by atoms with Crippen molar-refractivity contribution in [2.24, 2.45) is 0 Å². The van der Waals surface area contributed by atoms with Crippen molar-refractivity contribution in [2.45, 2.75) is 25.1 Å². The number of benzene rings is 2. The largest absolute Gasteiger partial charge is 0.381 e. The van der Waals surface area contributed by atoms with E-state index < -0.39 is 23.3 Å². The first-order valence-electron chi connectivity index (χ1n) is 10.3. The summed E-state index contributed by atoms with van der Waals surface area (Å²) in [7, 11) is 0. The molecule has 2 heterocycles. The Labute approximate surface area is 198 Å². The summed E-state index contributed by atoms with van der Waals surface area (Å²) in [6.45, 7) is 1.50. The van der Waals surface area contributed by atoms with E-state index in [9.17, 15) is 18.7 Å². The third-order valence-corrected chi connectivity index (χ3v) is 5.83. The van der Waals surface area contributed by atoms with Crippen LogP contribution in [0.3, 0.4) is 0 Å². The fraction of sp³-hybridized carbons (Fsp3) is 0.217. The first-order valence-corrected chi connectivity index (χ1v) is 10.7. The molecule has 4 rings (SSSR count). The topological polar surface area (TPSA) is 97.9 Å². The summed E-state index contributed by atoms with van der Waals surface area (Å²) in [6, 6.07) is 8.74. The van der Waals surface area contributed by atoms with E-state index in [4.69, 9.17) is 11.6 Å². The van der Waals surface area contributed by atoms with E-state index in [0.29, 0.717) is 22.3 Å². The van der Waals surface area contributed by atoms with Gasteiger partial charge in [0.2, 0.25) is 0 Å². The molecule has 0 saturated heterocycles. The quantitative estimate of drug-likeness (QED) is 0.349. The lowest BCUT2D eigenvalue weighted by atomic mass is 9.86. The highest BCUT2D eigenvalue weighted by Crippen LogP contribution is 2.36. The van der Waals surface area contributed by atoms with Crippen molar-refractivity contribution in [3.8, 4) is 0 Å². The number of nitrogens with one attached hydrogen (secondary N) is 1. The third-order valence-electron chi connectivity index (χ3n) is 5.58. The van der Waals surface area contributed by atoms with Gasteiger partial charge in [-0.1, -0.05) is 17.7 Å². The van der Waals surface area contributed by atoms with Crippen molar-refractivity contribution in [1.82, 2.24) is 24.5 Å². The lowest BCUT2D eigenvalue weighted by Gasteiger charge is -2.34. The number of ketones is 1. The van der Waals surface area contributed by atoms with Crippen LogP contribution in [0.25, 0.3) is 0 Å². The van der Waals surface area contributed by atoms with Gasteiger partial charge < -0.3 is 10.4 Å². The Morgan fingerprint density at radius 2 is 1.97 bits per heavy atom. The van der Waals surface area contributed by atoms with E-state index in [-0.39, 0.29) is 24.4 Å². The number of carbonyl (C=O) groups is 1. The Hall–Kier alpha value is -3.63. The zero-order valence-electron chi connectivity index (χ0n) is 18.1. The van der Waals surface area contributed by atoms with Crippen LogP contribution in [0.4, 0.5) is 14.5 Å². The van der Waals surface area contributed by atoms with Crippen LogP contribution in [0.15, 0.2) is 67.5 Å². The van der Waals surface area contributed by atoms with E-state index in [1.54, 1.807) is 37.4 Å². The van der Waals surface area contributed by atoms with E-state index >= 15 is 0 Å². The molecule has 8 nitrogen and oxygen atoms in total. The Kier molecular flexibility index (Phi) is 6.71. The number of aromatic nitrogens is 5. The maximum Gasteiger partial charge on any atom is 0.181 e. The number of hydrogen-bond donors (Lipinski definition) is 2. The molecular formula is C23H21ClF2N6O2.